The number of benzene rings is 1. The van der Waals surface area contributed by atoms with Crippen LogP contribution in [0.1, 0.15) is 34.8 Å². The molecule has 0 saturated heterocycles. The van der Waals surface area contributed by atoms with Gasteiger partial charge in [-0.15, -0.1) is 18.2 Å². The maximum atomic E-state index is 12.9. The Morgan fingerprint density at radius 1 is 1.29 bits per heavy atom. The molecule has 2 heterocycles. The van der Waals surface area contributed by atoms with Crippen molar-refractivity contribution in [3.05, 3.63) is 52.7 Å². The zero-order valence-electron chi connectivity index (χ0n) is 17.5. The van der Waals surface area contributed by atoms with Crippen LogP contribution in [-0.4, -0.2) is 40.0 Å². The molecule has 1 aromatic carbocycles. The van der Waals surface area contributed by atoms with Crippen molar-refractivity contribution in [1.82, 2.24) is 14.7 Å². The number of amides is 1. The van der Waals surface area contributed by atoms with Crippen molar-refractivity contribution in [1.29, 1.82) is 0 Å². The van der Waals surface area contributed by atoms with E-state index in [2.05, 4.69) is 20.6 Å². The zero-order valence-corrected chi connectivity index (χ0v) is 19.1. The minimum absolute atomic E-state index is 0.319. The van der Waals surface area contributed by atoms with Gasteiger partial charge >= 0.3 is 5.97 Å². The van der Waals surface area contributed by atoms with E-state index in [0.29, 0.717) is 21.9 Å². The number of methoxy groups -OCH3 is 1. The molecule has 0 aliphatic rings. The maximum Gasteiger partial charge on any atom is 0.349 e. The number of terminal acetylenes is 1. The standard InChI is InChI=1S/C22H21N3O4S2/c1-6-13-9-14-10-15(7-8-16(14)23-12-13)29-21(30-5)19(26)24-22(2,3)18-11-17(31-25-18)20(27)28-4/h1,7-12,21H,2-5H3,(H,24,26). The van der Waals surface area contributed by atoms with Crippen molar-refractivity contribution >= 4 is 46.1 Å². The Balaban J connectivity index is 1.75. The van der Waals surface area contributed by atoms with Crippen LogP contribution in [0.5, 0.6) is 5.75 Å². The van der Waals surface area contributed by atoms with E-state index in [-0.39, 0.29) is 5.91 Å². The highest BCUT2D eigenvalue weighted by Gasteiger charge is 2.31. The summed E-state index contributed by atoms with van der Waals surface area (Å²) in [6.07, 6.45) is 8.86. The molecule has 3 aromatic rings. The van der Waals surface area contributed by atoms with Gasteiger partial charge < -0.3 is 14.8 Å². The number of hydrogen-bond donors (Lipinski definition) is 1. The molecule has 0 aliphatic carbocycles. The van der Waals surface area contributed by atoms with Crippen molar-refractivity contribution in [3.8, 4) is 18.1 Å². The Bertz CT molecular complexity index is 1170. The van der Waals surface area contributed by atoms with E-state index < -0.39 is 16.9 Å². The van der Waals surface area contributed by atoms with E-state index in [9.17, 15) is 9.59 Å². The first-order valence-corrected chi connectivity index (χ1v) is 11.3. The molecule has 0 aliphatic heterocycles. The van der Waals surface area contributed by atoms with Crippen molar-refractivity contribution in [2.24, 2.45) is 0 Å². The fourth-order valence-electron chi connectivity index (χ4n) is 2.79. The van der Waals surface area contributed by atoms with Crippen molar-refractivity contribution in [2.45, 2.75) is 24.8 Å². The minimum Gasteiger partial charge on any atom is -0.470 e. The third kappa shape index (κ3) is 5.16. The number of aromatic nitrogens is 2. The van der Waals surface area contributed by atoms with E-state index in [0.717, 1.165) is 22.4 Å². The van der Waals surface area contributed by atoms with Gasteiger partial charge in [-0.3, -0.25) is 9.78 Å². The van der Waals surface area contributed by atoms with Gasteiger partial charge in [0.2, 0.25) is 5.44 Å². The number of rotatable bonds is 7. The number of nitrogens with zero attached hydrogens (tertiary/aromatic N) is 2. The summed E-state index contributed by atoms with van der Waals surface area (Å²) in [6.45, 7) is 3.61. The molecular formula is C22H21N3O4S2. The molecule has 1 unspecified atom stereocenters. The second-order valence-corrected chi connectivity index (χ2v) is 8.80. The van der Waals surface area contributed by atoms with Crippen molar-refractivity contribution < 1.29 is 19.1 Å². The molecule has 160 valence electrons. The molecule has 3 rings (SSSR count). The number of esters is 1. The van der Waals surface area contributed by atoms with Gasteiger partial charge in [-0.2, -0.15) is 4.37 Å². The monoisotopic (exact) mass is 455 g/mol. The lowest BCUT2D eigenvalue weighted by Crippen LogP contribution is -2.46. The topological polar surface area (TPSA) is 90.4 Å². The number of ether oxygens (including phenoxy) is 2. The summed E-state index contributed by atoms with van der Waals surface area (Å²) in [5.41, 5.74) is 0.401. The first kappa shape index (κ1) is 22.6. The van der Waals surface area contributed by atoms with Crippen molar-refractivity contribution in [3.63, 3.8) is 0 Å². The third-order valence-corrected chi connectivity index (χ3v) is 5.97. The molecule has 0 spiro atoms. The number of thioether (sulfide) groups is 1. The Morgan fingerprint density at radius 3 is 2.74 bits per heavy atom. The molecule has 0 saturated carbocycles. The average molecular weight is 456 g/mol. The summed E-state index contributed by atoms with van der Waals surface area (Å²) in [5.74, 6) is 2.30. The highest BCUT2D eigenvalue weighted by molar-refractivity contribution is 7.99. The molecule has 9 heteroatoms. The molecule has 0 bridgehead atoms. The van der Waals surface area contributed by atoms with E-state index in [1.807, 2.05) is 12.1 Å². The van der Waals surface area contributed by atoms with Gasteiger partial charge in [-0.1, -0.05) is 5.92 Å². The number of pyridine rings is 1. The number of carbonyl (C=O) groups is 2. The molecular weight excluding hydrogens is 434 g/mol. The van der Waals surface area contributed by atoms with Crippen LogP contribution in [0.3, 0.4) is 0 Å². The Hall–Kier alpha value is -3.09. The van der Waals surface area contributed by atoms with Crippen LogP contribution in [0.4, 0.5) is 0 Å². The van der Waals surface area contributed by atoms with E-state index in [4.69, 9.17) is 15.9 Å². The lowest BCUT2D eigenvalue weighted by atomic mass is 10.0. The zero-order chi connectivity index (χ0) is 22.6. The highest BCUT2D eigenvalue weighted by atomic mass is 32.2. The fourth-order valence-corrected chi connectivity index (χ4v) is 4.07. The smallest absolute Gasteiger partial charge is 0.349 e. The summed E-state index contributed by atoms with van der Waals surface area (Å²) >= 11 is 2.29. The molecule has 31 heavy (non-hydrogen) atoms. The Morgan fingerprint density at radius 2 is 2.06 bits per heavy atom. The summed E-state index contributed by atoms with van der Waals surface area (Å²) in [4.78, 5) is 29.3. The lowest BCUT2D eigenvalue weighted by molar-refractivity contribution is -0.126. The van der Waals surface area contributed by atoms with Crippen LogP contribution in [-0.2, 0) is 15.1 Å². The SMILES string of the molecule is C#Cc1cnc2ccc(OC(SC)C(=O)NC(C)(C)c3cc(C(=O)OC)sn3)cc2c1. The van der Waals surface area contributed by atoms with Gasteiger partial charge in [0.1, 0.15) is 10.6 Å². The molecule has 2 aromatic heterocycles. The largest absolute Gasteiger partial charge is 0.470 e. The number of nitrogens with one attached hydrogen (secondary N) is 1. The molecule has 7 nitrogen and oxygen atoms in total. The van der Waals surface area contributed by atoms with E-state index in [1.54, 1.807) is 44.5 Å². The van der Waals surface area contributed by atoms with Crippen LogP contribution in [0, 0.1) is 12.3 Å². The predicted octanol–water partition coefficient (Wildman–Crippen LogP) is 3.58. The summed E-state index contributed by atoms with van der Waals surface area (Å²) < 4.78 is 14.9. The van der Waals surface area contributed by atoms with Gasteiger partial charge in [0.05, 0.1) is 23.9 Å². The van der Waals surface area contributed by atoms with E-state index >= 15 is 0 Å². The van der Waals surface area contributed by atoms with Gasteiger partial charge in [-0.25, -0.2) is 4.79 Å². The minimum atomic E-state index is -0.813. The van der Waals surface area contributed by atoms with Crippen LogP contribution < -0.4 is 10.1 Å². The summed E-state index contributed by atoms with van der Waals surface area (Å²) in [6, 6.07) is 8.83. The van der Waals surface area contributed by atoms with E-state index in [1.165, 1.54) is 18.9 Å². The Kier molecular flexibility index (Phi) is 6.83. The third-order valence-electron chi connectivity index (χ3n) is 4.46. The molecule has 0 fully saturated rings. The summed E-state index contributed by atoms with van der Waals surface area (Å²) in [7, 11) is 1.31. The molecule has 1 atom stereocenters. The maximum absolute atomic E-state index is 12.9. The lowest BCUT2D eigenvalue weighted by Gasteiger charge is -2.27. The van der Waals surface area contributed by atoms with Gasteiger partial charge in [0.25, 0.3) is 5.91 Å². The van der Waals surface area contributed by atoms with Crippen molar-refractivity contribution in [2.75, 3.05) is 13.4 Å². The highest BCUT2D eigenvalue weighted by Crippen LogP contribution is 2.26. The number of carbonyl (C=O) groups excluding carboxylic acids is 2. The molecule has 1 amide bonds. The molecule has 1 N–H and O–H groups in total. The van der Waals surface area contributed by atoms with Crippen LogP contribution in [0.25, 0.3) is 10.9 Å². The second kappa shape index (κ2) is 9.37. The Labute approximate surface area is 188 Å². The van der Waals surface area contributed by atoms with Gasteiger partial charge in [0.15, 0.2) is 0 Å². The van der Waals surface area contributed by atoms with Crippen LogP contribution >= 0.6 is 23.3 Å². The first-order chi connectivity index (χ1) is 14.8. The normalized spacial score (nSPS) is 12.1. The average Bonchev–Trinajstić information content (AvgIpc) is 3.27. The number of hydrogen-bond acceptors (Lipinski definition) is 8. The molecule has 0 radical (unpaired) electrons. The summed E-state index contributed by atoms with van der Waals surface area (Å²) in [5, 5.41) is 3.76. The van der Waals surface area contributed by atoms with Crippen LogP contribution in [0.2, 0.25) is 0 Å². The van der Waals surface area contributed by atoms with Gasteiger partial charge in [-0.05, 0) is 62.0 Å². The number of fused-ring (bicyclic) bond motifs is 1. The predicted molar refractivity (Wildman–Crippen MR) is 122 cm³/mol. The fraction of sp³-hybridized carbons (Fsp3) is 0.273. The second-order valence-electron chi connectivity index (χ2n) is 7.09. The van der Waals surface area contributed by atoms with Gasteiger partial charge in [0, 0.05) is 17.1 Å². The quantitative estimate of drug-likeness (QED) is 0.331. The van der Waals surface area contributed by atoms with Crippen LogP contribution in [0.15, 0.2) is 36.5 Å². The first-order valence-electron chi connectivity index (χ1n) is 9.21.